The van der Waals surface area contributed by atoms with Gasteiger partial charge in [-0.05, 0) is 48.2 Å². The van der Waals surface area contributed by atoms with Crippen LogP contribution < -0.4 is 5.32 Å². The SMILES string of the molecule is COC1CCN(C(=O)Cc2ccc(NC(=O)OCc3ccc(Cl)cc3)cc2)CC1. The summed E-state index contributed by atoms with van der Waals surface area (Å²) < 4.78 is 10.5. The normalized spacial score (nSPS) is 14.5. The van der Waals surface area contributed by atoms with Crippen LogP contribution in [-0.2, 0) is 27.3 Å². The molecule has 1 N–H and O–H groups in total. The van der Waals surface area contributed by atoms with Crippen molar-refractivity contribution in [2.24, 2.45) is 0 Å². The first-order valence-electron chi connectivity index (χ1n) is 9.61. The highest BCUT2D eigenvalue weighted by Gasteiger charge is 2.22. The topological polar surface area (TPSA) is 67.9 Å². The minimum absolute atomic E-state index is 0.114. The summed E-state index contributed by atoms with van der Waals surface area (Å²) in [6, 6.07) is 14.3. The molecule has 2 aromatic carbocycles. The number of ether oxygens (including phenoxy) is 2. The van der Waals surface area contributed by atoms with E-state index in [0.29, 0.717) is 17.1 Å². The average molecular weight is 417 g/mol. The Morgan fingerprint density at radius 3 is 2.28 bits per heavy atom. The maximum atomic E-state index is 12.5. The zero-order valence-corrected chi connectivity index (χ0v) is 17.2. The number of piperidine rings is 1. The number of amides is 2. The molecule has 0 aliphatic carbocycles. The second-order valence-electron chi connectivity index (χ2n) is 7.02. The lowest BCUT2D eigenvalue weighted by molar-refractivity contribution is -0.132. The Morgan fingerprint density at radius 1 is 1.03 bits per heavy atom. The Hall–Kier alpha value is -2.57. The molecule has 2 amide bonds. The van der Waals surface area contributed by atoms with Crippen LogP contribution in [0.1, 0.15) is 24.0 Å². The van der Waals surface area contributed by atoms with Gasteiger partial charge in [0.25, 0.3) is 0 Å². The van der Waals surface area contributed by atoms with E-state index in [0.717, 1.165) is 37.1 Å². The largest absolute Gasteiger partial charge is 0.444 e. The van der Waals surface area contributed by atoms with E-state index in [4.69, 9.17) is 21.1 Å². The summed E-state index contributed by atoms with van der Waals surface area (Å²) in [5, 5.41) is 3.32. The minimum atomic E-state index is -0.537. The van der Waals surface area contributed by atoms with Gasteiger partial charge in [-0.2, -0.15) is 0 Å². The lowest BCUT2D eigenvalue weighted by Crippen LogP contribution is -2.41. The van der Waals surface area contributed by atoms with E-state index in [9.17, 15) is 9.59 Å². The maximum Gasteiger partial charge on any atom is 0.411 e. The Labute approximate surface area is 175 Å². The van der Waals surface area contributed by atoms with Crippen LogP contribution in [0.4, 0.5) is 10.5 Å². The van der Waals surface area contributed by atoms with Crippen LogP contribution >= 0.6 is 11.6 Å². The predicted octanol–water partition coefficient (Wildman–Crippen LogP) is 4.27. The van der Waals surface area contributed by atoms with Crippen molar-refractivity contribution in [1.82, 2.24) is 4.90 Å². The maximum absolute atomic E-state index is 12.5. The first-order valence-corrected chi connectivity index (χ1v) is 9.99. The molecular formula is C22H25ClN2O4. The molecule has 1 aliphatic heterocycles. The molecule has 0 atom stereocenters. The molecule has 0 bridgehead atoms. The molecule has 0 spiro atoms. The number of carbonyl (C=O) groups is 2. The van der Waals surface area contributed by atoms with Crippen molar-refractivity contribution in [3.05, 3.63) is 64.7 Å². The fourth-order valence-electron chi connectivity index (χ4n) is 3.22. The monoisotopic (exact) mass is 416 g/mol. The van der Waals surface area contributed by atoms with E-state index >= 15 is 0 Å². The Bertz CT molecular complexity index is 816. The van der Waals surface area contributed by atoms with E-state index in [1.807, 2.05) is 17.0 Å². The predicted molar refractivity (Wildman–Crippen MR) is 112 cm³/mol. The highest BCUT2D eigenvalue weighted by molar-refractivity contribution is 6.30. The molecule has 154 valence electrons. The number of hydrogen-bond acceptors (Lipinski definition) is 4. The van der Waals surface area contributed by atoms with Gasteiger partial charge in [0, 0.05) is 30.9 Å². The van der Waals surface area contributed by atoms with Crippen molar-refractivity contribution >= 4 is 29.3 Å². The van der Waals surface area contributed by atoms with Crippen LogP contribution in [0.5, 0.6) is 0 Å². The van der Waals surface area contributed by atoms with E-state index < -0.39 is 6.09 Å². The number of likely N-dealkylation sites (tertiary alicyclic amines) is 1. The molecule has 6 nitrogen and oxygen atoms in total. The average Bonchev–Trinajstić information content (AvgIpc) is 2.75. The van der Waals surface area contributed by atoms with E-state index in [2.05, 4.69) is 5.32 Å². The summed E-state index contributed by atoms with van der Waals surface area (Å²) in [5.74, 6) is 0.114. The highest BCUT2D eigenvalue weighted by Crippen LogP contribution is 2.16. The third kappa shape index (κ3) is 6.48. The Kier molecular flexibility index (Phi) is 7.49. The van der Waals surface area contributed by atoms with Crippen molar-refractivity contribution in [3.63, 3.8) is 0 Å². The zero-order valence-electron chi connectivity index (χ0n) is 16.4. The van der Waals surface area contributed by atoms with Gasteiger partial charge in [0.05, 0.1) is 12.5 Å². The number of rotatable bonds is 6. The molecule has 1 aliphatic rings. The molecule has 1 fully saturated rings. The number of methoxy groups -OCH3 is 1. The second-order valence-corrected chi connectivity index (χ2v) is 7.45. The summed E-state index contributed by atoms with van der Waals surface area (Å²) in [6.07, 6.45) is 1.82. The van der Waals surface area contributed by atoms with Crippen molar-refractivity contribution < 1.29 is 19.1 Å². The fraction of sp³-hybridized carbons (Fsp3) is 0.364. The quantitative estimate of drug-likeness (QED) is 0.763. The van der Waals surface area contributed by atoms with Gasteiger partial charge >= 0.3 is 6.09 Å². The molecule has 1 heterocycles. The van der Waals surface area contributed by atoms with Crippen molar-refractivity contribution in [2.45, 2.75) is 32.0 Å². The molecule has 0 unspecified atom stereocenters. The third-order valence-electron chi connectivity index (χ3n) is 4.97. The van der Waals surface area contributed by atoms with Crippen LogP contribution in [0.25, 0.3) is 0 Å². The molecule has 2 aromatic rings. The lowest BCUT2D eigenvalue weighted by atomic mass is 10.1. The standard InChI is InChI=1S/C22H25ClN2O4/c1-28-20-10-12-25(13-11-20)21(26)14-16-4-8-19(9-5-16)24-22(27)29-15-17-2-6-18(23)7-3-17/h2-9,20H,10-15H2,1H3,(H,24,27). The summed E-state index contributed by atoms with van der Waals surface area (Å²) in [5.41, 5.74) is 2.38. The van der Waals surface area contributed by atoms with Gasteiger partial charge in [-0.15, -0.1) is 0 Å². The number of anilines is 1. The fourth-order valence-corrected chi connectivity index (χ4v) is 3.34. The summed E-state index contributed by atoms with van der Waals surface area (Å²) in [4.78, 5) is 26.3. The number of carbonyl (C=O) groups excluding carboxylic acids is 2. The van der Waals surface area contributed by atoms with Gasteiger partial charge in [-0.25, -0.2) is 4.79 Å². The van der Waals surface area contributed by atoms with Crippen molar-refractivity contribution in [2.75, 3.05) is 25.5 Å². The van der Waals surface area contributed by atoms with Crippen molar-refractivity contribution in [1.29, 1.82) is 0 Å². The number of halogens is 1. The number of benzene rings is 2. The first kappa shape index (κ1) is 21.1. The number of nitrogens with one attached hydrogen (secondary N) is 1. The Morgan fingerprint density at radius 2 is 1.66 bits per heavy atom. The van der Waals surface area contributed by atoms with Crippen LogP contribution in [0.3, 0.4) is 0 Å². The van der Waals surface area contributed by atoms with Gasteiger partial charge in [0.1, 0.15) is 6.61 Å². The van der Waals surface area contributed by atoms with Gasteiger partial charge in [0.2, 0.25) is 5.91 Å². The van der Waals surface area contributed by atoms with E-state index in [1.54, 1.807) is 43.5 Å². The molecule has 3 rings (SSSR count). The zero-order chi connectivity index (χ0) is 20.6. The van der Waals surface area contributed by atoms with Crippen LogP contribution in [-0.4, -0.2) is 43.2 Å². The van der Waals surface area contributed by atoms with Crippen molar-refractivity contribution in [3.8, 4) is 0 Å². The van der Waals surface area contributed by atoms with E-state index in [-0.39, 0.29) is 18.6 Å². The van der Waals surface area contributed by atoms with Crippen LogP contribution in [0, 0.1) is 0 Å². The molecule has 29 heavy (non-hydrogen) atoms. The van der Waals surface area contributed by atoms with Gasteiger partial charge in [-0.3, -0.25) is 10.1 Å². The van der Waals surface area contributed by atoms with E-state index in [1.165, 1.54) is 0 Å². The first-order chi connectivity index (χ1) is 14.0. The van der Waals surface area contributed by atoms with Gasteiger partial charge in [-0.1, -0.05) is 35.9 Å². The summed E-state index contributed by atoms with van der Waals surface area (Å²) in [7, 11) is 1.71. The smallest absolute Gasteiger partial charge is 0.411 e. The summed E-state index contributed by atoms with van der Waals surface area (Å²) in [6.45, 7) is 1.63. The lowest BCUT2D eigenvalue weighted by Gasteiger charge is -2.31. The molecule has 7 heteroatoms. The Balaban J connectivity index is 1.44. The summed E-state index contributed by atoms with van der Waals surface area (Å²) >= 11 is 5.83. The van der Waals surface area contributed by atoms with Crippen LogP contribution in [0.15, 0.2) is 48.5 Å². The molecular weight excluding hydrogens is 392 g/mol. The van der Waals surface area contributed by atoms with Gasteiger partial charge < -0.3 is 14.4 Å². The molecule has 0 radical (unpaired) electrons. The van der Waals surface area contributed by atoms with Gasteiger partial charge in [0.15, 0.2) is 0 Å². The molecule has 0 saturated carbocycles. The second kappa shape index (κ2) is 10.3. The number of hydrogen-bond donors (Lipinski definition) is 1. The third-order valence-corrected chi connectivity index (χ3v) is 5.22. The highest BCUT2D eigenvalue weighted by atomic mass is 35.5. The number of nitrogens with zero attached hydrogens (tertiary/aromatic N) is 1. The molecule has 1 saturated heterocycles. The minimum Gasteiger partial charge on any atom is -0.444 e. The van der Waals surface area contributed by atoms with Crippen LogP contribution in [0.2, 0.25) is 5.02 Å². The molecule has 0 aromatic heterocycles.